The minimum absolute atomic E-state index is 0.000831. The Hall–Kier alpha value is -1.39. The normalized spacial score (nSPS) is 38.8. The summed E-state index contributed by atoms with van der Waals surface area (Å²) in [5, 5.41) is 0. The van der Waals surface area contributed by atoms with Gasteiger partial charge in [-0.15, -0.1) is 0 Å². The summed E-state index contributed by atoms with van der Waals surface area (Å²) in [7, 11) is -3.97. The standard InChI is InChI=1S/C31H43F3O5S.C8H18O/c1-17(2)25-20(35)15-30(24-16-38-24)14-9-19-18(26(25)30)7-8-22-28(19,5)12-10-21-27(3,4)23(11-13-29(21,22)6)39-40(36,37)31(32,33)34;1-7(2,3)8(4,5)9-6/h11,17-19,21-22,24H,7-10,12-16H2,1-6H3;1-6H3. The molecule has 6 nitrogen and oxygen atoms in total. The lowest BCUT2D eigenvalue weighted by molar-refractivity contribution is -0.164. The average molecular weight is 715 g/mol. The first-order valence-corrected chi connectivity index (χ1v) is 19.8. The number of fused-ring (bicyclic) bond motifs is 7. The number of rotatable bonds is 5. The molecule has 1 aliphatic heterocycles. The van der Waals surface area contributed by atoms with Crippen LogP contribution in [0.5, 0.6) is 0 Å². The van der Waals surface area contributed by atoms with Crippen molar-refractivity contribution in [2.45, 2.75) is 145 Å². The van der Waals surface area contributed by atoms with Crippen molar-refractivity contribution in [3.63, 3.8) is 0 Å². The van der Waals surface area contributed by atoms with Gasteiger partial charge in [0.05, 0.1) is 18.3 Å². The van der Waals surface area contributed by atoms with Crippen LogP contribution in [-0.4, -0.2) is 45.1 Å². The van der Waals surface area contributed by atoms with Gasteiger partial charge in [-0.3, -0.25) is 4.79 Å². The zero-order chi connectivity index (χ0) is 37.0. The molecule has 0 aromatic heterocycles. The highest BCUT2D eigenvalue weighted by molar-refractivity contribution is 7.87. The molecular weight excluding hydrogens is 653 g/mol. The molecule has 0 radical (unpaired) electrons. The fraction of sp³-hybridized carbons (Fsp3) is 0.872. The summed E-state index contributed by atoms with van der Waals surface area (Å²) in [6.45, 7) is 24.2. The number of epoxide rings is 1. The second-order valence-corrected chi connectivity index (χ2v) is 20.5. The van der Waals surface area contributed by atoms with Gasteiger partial charge in [0.1, 0.15) is 5.76 Å². The van der Waals surface area contributed by atoms with E-state index in [2.05, 4.69) is 62.3 Å². The number of halogens is 3. The summed E-state index contributed by atoms with van der Waals surface area (Å²) in [5.41, 5.74) is -3.92. The number of carbonyl (C=O) groups is 1. The van der Waals surface area contributed by atoms with Crippen molar-refractivity contribution < 1.29 is 40.0 Å². The number of allylic oxidation sites excluding steroid dienone is 3. The largest absolute Gasteiger partial charge is 0.534 e. The highest BCUT2D eigenvalue weighted by atomic mass is 32.2. The highest BCUT2D eigenvalue weighted by Crippen LogP contribution is 2.73. The number of carbonyl (C=O) groups excluding carboxylic acids is 1. The quantitative estimate of drug-likeness (QED) is 0.160. The maximum absolute atomic E-state index is 13.4. The van der Waals surface area contributed by atoms with E-state index in [1.54, 1.807) is 13.2 Å². The van der Waals surface area contributed by atoms with Crippen molar-refractivity contribution in [2.75, 3.05) is 13.7 Å². The van der Waals surface area contributed by atoms with Crippen LogP contribution in [0.1, 0.15) is 128 Å². The van der Waals surface area contributed by atoms with Crippen LogP contribution < -0.4 is 0 Å². The molecule has 1 heterocycles. The first-order chi connectivity index (χ1) is 22.2. The number of alkyl halides is 3. The van der Waals surface area contributed by atoms with E-state index < -0.39 is 21.0 Å². The van der Waals surface area contributed by atoms with Gasteiger partial charge in [-0.05, 0) is 116 Å². The van der Waals surface area contributed by atoms with Crippen LogP contribution >= 0.6 is 0 Å². The maximum Gasteiger partial charge on any atom is 0.534 e. The number of ether oxygens (including phenoxy) is 2. The molecule has 3 saturated carbocycles. The third-order valence-electron chi connectivity index (χ3n) is 14.9. The van der Waals surface area contributed by atoms with Crippen molar-refractivity contribution in [2.24, 2.45) is 56.7 Å². The van der Waals surface area contributed by atoms with Gasteiger partial charge in [-0.2, -0.15) is 21.6 Å². The third kappa shape index (κ3) is 6.07. The van der Waals surface area contributed by atoms with Crippen LogP contribution in [0.4, 0.5) is 13.2 Å². The van der Waals surface area contributed by atoms with Crippen molar-refractivity contribution in [1.29, 1.82) is 0 Å². The van der Waals surface area contributed by atoms with E-state index in [4.69, 9.17) is 13.7 Å². The minimum atomic E-state index is -5.72. The van der Waals surface area contributed by atoms with Gasteiger partial charge >= 0.3 is 15.6 Å². The van der Waals surface area contributed by atoms with Crippen molar-refractivity contribution in [3.8, 4) is 0 Å². The summed E-state index contributed by atoms with van der Waals surface area (Å²) in [6.07, 6.45) is 8.68. The van der Waals surface area contributed by atoms with E-state index in [1.807, 2.05) is 13.8 Å². The smallest absolute Gasteiger partial charge is 0.380 e. The second-order valence-electron chi connectivity index (χ2n) is 19.0. The molecule has 0 aromatic rings. The molecule has 5 aliphatic carbocycles. The van der Waals surface area contributed by atoms with Gasteiger partial charge in [0.2, 0.25) is 0 Å². The number of Topliss-reactive ketones (excluding diaryl/α,β-unsaturated/α-hetero) is 1. The van der Waals surface area contributed by atoms with Crippen LogP contribution in [-0.2, 0) is 28.6 Å². The molecule has 8 atom stereocenters. The predicted octanol–water partition coefficient (Wildman–Crippen LogP) is 9.79. The number of methoxy groups -OCH3 is 1. The van der Waals surface area contributed by atoms with E-state index >= 15 is 0 Å². The molecule has 10 heteroatoms. The molecule has 49 heavy (non-hydrogen) atoms. The van der Waals surface area contributed by atoms with E-state index in [9.17, 15) is 26.4 Å². The molecule has 8 unspecified atom stereocenters. The topological polar surface area (TPSA) is 82.2 Å². The Balaban J connectivity index is 0.000000459. The summed E-state index contributed by atoms with van der Waals surface area (Å²) in [5.74, 6) is 1.58. The summed E-state index contributed by atoms with van der Waals surface area (Å²) in [6, 6.07) is 0. The number of hydrogen-bond acceptors (Lipinski definition) is 6. The summed E-state index contributed by atoms with van der Waals surface area (Å²) in [4.78, 5) is 13.4. The molecule has 6 rings (SSSR count). The minimum Gasteiger partial charge on any atom is -0.380 e. The Morgan fingerprint density at radius 2 is 1.53 bits per heavy atom. The Morgan fingerprint density at radius 3 is 2.02 bits per heavy atom. The molecule has 0 aromatic carbocycles. The Labute approximate surface area is 293 Å². The third-order valence-corrected chi connectivity index (χ3v) is 15.9. The lowest BCUT2D eigenvalue weighted by atomic mass is 9.37. The Morgan fingerprint density at radius 1 is 0.918 bits per heavy atom. The fourth-order valence-electron chi connectivity index (χ4n) is 11.3. The van der Waals surface area contributed by atoms with Gasteiger partial charge < -0.3 is 13.7 Å². The Kier molecular flexibility index (Phi) is 9.57. The van der Waals surface area contributed by atoms with E-state index in [0.717, 1.165) is 50.7 Å². The SMILES string of the molecule is CC(C)C1=C2C3CCC4C(C)(CCC5C(C)(C)C(OS(=O)(=O)C(F)(F)F)=CCC54C)C3CCC2(C2CO2)CC1=O.COC(C)(C)C(C)(C)C. The summed E-state index contributed by atoms with van der Waals surface area (Å²) >= 11 is 0. The molecule has 4 fully saturated rings. The van der Waals surface area contributed by atoms with Crippen LogP contribution in [0.15, 0.2) is 23.0 Å². The van der Waals surface area contributed by atoms with Crippen molar-refractivity contribution in [1.82, 2.24) is 0 Å². The predicted molar refractivity (Wildman–Crippen MR) is 185 cm³/mol. The van der Waals surface area contributed by atoms with Gasteiger partial charge in [0.25, 0.3) is 0 Å². The van der Waals surface area contributed by atoms with E-state index in [0.29, 0.717) is 36.4 Å². The van der Waals surface area contributed by atoms with E-state index in [-0.39, 0.29) is 51.0 Å². The molecule has 1 saturated heterocycles. The summed E-state index contributed by atoms with van der Waals surface area (Å²) < 4.78 is 79.4. The molecule has 0 amide bonds. The van der Waals surface area contributed by atoms with Gasteiger partial charge in [0, 0.05) is 24.4 Å². The van der Waals surface area contributed by atoms with Crippen LogP contribution in [0, 0.1) is 56.7 Å². The molecule has 0 N–H and O–H groups in total. The van der Waals surface area contributed by atoms with E-state index in [1.165, 1.54) is 5.57 Å². The highest BCUT2D eigenvalue weighted by Gasteiger charge is 2.68. The zero-order valence-electron chi connectivity index (χ0n) is 31.9. The Bertz CT molecular complexity index is 1500. The molecule has 280 valence electrons. The fourth-order valence-corrected chi connectivity index (χ4v) is 11.9. The molecule has 0 bridgehead atoms. The van der Waals surface area contributed by atoms with Gasteiger partial charge in [-0.25, -0.2) is 0 Å². The molecule has 6 aliphatic rings. The molecule has 0 spiro atoms. The first-order valence-electron chi connectivity index (χ1n) is 18.4. The first kappa shape index (κ1) is 38.8. The van der Waals surface area contributed by atoms with Crippen molar-refractivity contribution in [3.05, 3.63) is 23.0 Å². The van der Waals surface area contributed by atoms with Crippen LogP contribution in [0.2, 0.25) is 0 Å². The lowest BCUT2D eigenvalue weighted by Crippen LogP contribution is -2.60. The monoisotopic (exact) mass is 714 g/mol. The van der Waals surface area contributed by atoms with Gasteiger partial charge in [-0.1, -0.05) is 67.9 Å². The van der Waals surface area contributed by atoms with Crippen molar-refractivity contribution >= 4 is 15.9 Å². The lowest BCUT2D eigenvalue weighted by Gasteiger charge is -2.67. The average Bonchev–Trinajstić information content (AvgIpc) is 3.76. The van der Waals surface area contributed by atoms with Crippen LogP contribution in [0.25, 0.3) is 0 Å². The molecular formula is C39H61F3O6S. The number of hydrogen-bond donors (Lipinski definition) is 0. The number of ketones is 1. The van der Waals surface area contributed by atoms with Gasteiger partial charge in [0.15, 0.2) is 5.78 Å². The maximum atomic E-state index is 13.4. The second kappa shape index (κ2) is 12.1. The zero-order valence-corrected chi connectivity index (χ0v) is 32.7. The van der Waals surface area contributed by atoms with Crippen LogP contribution in [0.3, 0.4) is 0 Å².